The largest absolute Gasteiger partial charge is 0.350 e. The average molecular weight is 284 g/mol. The van der Waals surface area contributed by atoms with E-state index in [0.717, 1.165) is 24.9 Å². The maximum Gasteiger partial charge on any atom is 0.0481 e. The first-order valence-electron chi connectivity index (χ1n) is 8.47. The van der Waals surface area contributed by atoms with E-state index in [1.54, 1.807) is 0 Å². The van der Waals surface area contributed by atoms with Crippen LogP contribution in [0.3, 0.4) is 0 Å². The van der Waals surface area contributed by atoms with Crippen molar-refractivity contribution in [1.82, 2.24) is 9.88 Å². The van der Waals surface area contributed by atoms with Gasteiger partial charge in [-0.2, -0.15) is 0 Å². The first kappa shape index (κ1) is 14.6. The summed E-state index contributed by atoms with van der Waals surface area (Å²) in [5, 5.41) is 5.04. The minimum atomic E-state index is 0.946. The lowest BCUT2D eigenvalue weighted by atomic mass is 9.81. The van der Waals surface area contributed by atoms with Crippen molar-refractivity contribution in [2.75, 3.05) is 6.54 Å². The van der Waals surface area contributed by atoms with Gasteiger partial charge in [0.05, 0.1) is 0 Å². The standard InChI is InChI=1S/C19H28N2/c1-15-6-5-7-16(12-15)10-11-20-13-17-14-21(2)19-9-4-3-8-18(17)19/h3-4,8-9,14-16,20H,5-7,10-13H2,1-2H3. The average Bonchev–Trinajstić information content (AvgIpc) is 2.81. The molecule has 0 saturated heterocycles. The zero-order valence-electron chi connectivity index (χ0n) is 13.4. The Kier molecular flexibility index (Phi) is 4.64. The van der Waals surface area contributed by atoms with Gasteiger partial charge in [0.1, 0.15) is 0 Å². The predicted octanol–water partition coefficient (Wildman–Crippen LogP) is 4.48. The Morgan fingerprint density at radius 1 is 1.24 bits per heavy atom. The molecule has 0 radical (unpaired) electrons. The van der Waals surface area contributed by atoms with Crippen LogP contribution in [0.25, 0.3) is 10.9 Å². The van der Waals surface area contributed by atoms with Gasteiger partial charge in [0.25, 0.3) is 0 Å². The van der Waals surface area contributed by atoms with E-state index in [4.69, 9.17) is 0 Å². The molecular weight excluding hydrogens is 256 g/mol. The quantitative estimate of drug-likeness (QED) is 0.801. The number of nitrogens with zero attached hydrogens (tertiary/aromatic N) is 1. The molecule has 0 amide bonds. The smallest absolute Gasteiger partial charge is 0.0481 e. The number of benzene rings is 1. The van der Waals surface area contributed by atoms with Crippen LogP contribution in [0.4, 0.5) is 0 Å². The summed E-state index contributed by atoms with van der Waals surface area (Å²) < 4.78 is 2.23. The lowest BCUT2D eigenvalue weighted by Crippen LogP contribution is -2.21. The lowest BCUT2D eigenvalue weighted by molar-refractivity contribution is 0.267. The predicted molar refractivity (Wildman–Crippen MR) is 90.4 cm³/mol. The highest BCUT2D eigenvalue weighted by Gasteiger charge is 2.18. The SMILES string of the molecule is CC1CCCC(CCNCc2cn(C)c3ccccc23)C1. The van der Waals surface area contributed by atoms with E-state index in [9.17, 15) is 0 Å². The van der Waals surface area contributed by atoms with E-state index >= 15 is 0 Å². The van der Waals surface area contributed by atoms with Crippen LogP contribution >= 0.6 is 0 Å². The molecular formula is C19H28N2. The number of nitrogens with one attached hydrogen (secondary N) is 1. The van der Waals surface area contributed by atoms with Gasteiger partial charge >= 0.3 is 0 Å². The fraction of sp³-hybridized carbons (Fsp3) is 0.579. The highest BCUT2D eigenvalue weighted by molar-refractivity contribution is 5.83. The maximum absolute atomic E-state index is 3.66. The summed E-state index contributed by atoms with van der Waals surface area (Å²) in [6.07, 6.45) is 9.38. The molecule has 1 heterocycles. The molecule has 0 bridgehead atoms. The van der Waals surface area contributed by atoms with Crippen molar-refractivity contribution in [3.63, 3.8) is 0 Å². The molecule has 1 saturated carbocycles. The highest BCUT2D eigenvalue weighted by Crippen LogP contribution is 2.30. The van der Waals surface area contributed by atoms with Crippen LogP contribution < -0.4 is 5.32 Å². The fourth-order valence-electron chi connectivity index (χ4n) is 3.92. The van der Waals surface area contributed by atoms with Gasteiger partial charge in [0, 0.05) is 30.7 Å². The van der Waals surface area contributed by atoms with Gasteiger partial charge < -0.3 is 9.88 Å². The number of para-hydroxylation sites is 1. The van der Waals surface area contributed by atoms with Crippen LogP contribution in [0.1, 0.15) is 44.6 Å². The van der Waals surface area contributed by atoms with Crippen LogP contribution in [0.5, 0.6) is 0 Å². The second-order valence-electron chi connectivity index (χ2n) is 6.89. The minimum Gasteiger partial charge on any atom is -0.350 e. The first-order chi connectivity index (χ1) is 10.2. The van der Waals surface area contributed by atoms with Crippen molar-refractivity contribution in [2.24, 2.45) is 18.9 Å². The van der Waals surface area contributed by atoms with Crippen molar-refractivity contribution in [3.8, 4) is 0 Å². The highest BCUT2D eigenvalue weighted by atomic mass is 14.9. The third-order valence-corrected chi connectivity index (χ3v) is 5.07. The van der Waals surface area contributed by atoms with Crippen LogP contribution in [-0.4, -0.2) is 11.1 Å². The Hall–Kier alpha value is -1.28. The van der Waals surface area contributed by atoms with Crippen LogP contribution in [-0.2, 0) is 13.6 Å². The molecule has 21 heavy (non-hydrogen) atoms. The van der Waals surface area contributed by atoms with E-state index in [0.29, 0.717) is 0 Å². The normalized spacial score (nSPS) is 22.8. The van der Waals surface area contributed by atoms with E-state index in [2.05, 4.69) is 54.3 Å². The minimum absolute atomic E-state index is 0.946. The molecule has 1 aromatic carbocycles. The number of hydrogen-bond acceptors (Lipinski definition) is 1. The Morgan fingerprint density at radius 3 is 2.95 bits per heavy atom. The second-order valence-corrected chi connectivity index (χ2v) is 6.89. The van der Waals surface area contributed by atoms with Gasteiger partial charge in [-0.25, -0.2) is 0 Å². The molecule has 1 aromatic heterocycles. The van der Waals surface area contributed by atoms with Crippen molar-refractivity contribution >= 4 is 10.9 Å². The summed E-state index contributed by atoms with van der Waals surface area (Å²) in [6, 6.07) is 8.68. The van der Waals surface area contributed by atoms with E-state index < -0.39 is 0 Å². The molecule has 1 aliphatic carbocycles. The van der Waals surface area contributed by atoms with Gasteiger partial charge in [0.2, 0.25) is 0 Å². The molecule has 2 atom stereocenters. The van der Waals surface area contributed by atoms with Crippen molar-refractivity contribution < 1.29 is 0 Å². The maximum atomic E-state index is 3.66. The summed E-state index contributed by atoms with van der Waals surface area (Å²) in [5.41, 5.74) is 2.75. The Bertz CT molecular complexity index is 584. The number of hydrogen-bond donors (Lipinski definition) is 1. The Labute approximate surface area is 128 Å². The van der Waals surface area contributed by atoms with Crippen molar-refractivity contribution in [2.45, 2.75) is 45.6 Å². The fourth-order valence-corrected chi connectivity index (χ4v) is 3.92. The van der Waals surface area contributed by atoms with Gasteiger partial charge in [-0.15, -0.1) is 0 Å². The number of fused-ring (bicyclic) bond motifs is 1. The molecule has 2 aromatic rings. The molecule has 1 aliphatic rings. The Morgan fingerprint density at radius 2 is 2.10 bits per heavy atom. The monoisotopic (exact) mass is 284 g/mol. The molecule has 0 aliphatic heterocycles. The van der Waals surface area contributed by atoms with E-state index in [-0.39, 0.29) is 0 Å². The molecule has 1 fully saturated rings. The van der Waals surface area contributed by atoms with E-state index in [1.165, 1.54) is 48.6 Å². The van der Waals surface area contributed by atoms with E-state index in [1.807, 2.05) is 0 Å². The molecule has 2 unspecified atom stereocenters. The second kappa shape index (κ2) is 6.65. The zero-order valence-corrected chi connectivity index (χ0v) is 13.4. The lowest BCUT2D eigenvalue weighted by Gasteiger charge is -2.26. The summed E-state index contributed by atoms with van der Waals surface area (Å²) in [4.78, 5) is 0. The van der Waals surface area contributed by atoms with Gasteiger partial charge in [-0.05, 0) is 42.9 Å². The van der Waals surface area contributed by atoms with Crippen LogP contribution in [0.15, 0.2) is 30.5 Å². The summed E-state index contributed by atoms with van der Waals surface area (Å²) in [7, 11) is 2.13. The summed E-state index contributed by atoms with van der Waals surface area (Å²) in [6.45, 7) is 4.56. The number of aryl methyl sites for hydroxylation is 1. The molecule has 2 heteroatoms. The number of aromatic nitrogens is 1. The molecule has 1 N–H and O–H groups in total. The molecule has 2 nitrogen and oxygen atoms in total. The van der Waals surface area contributed by atoms with Gasteiger partial charge in [0.15, 0.2) is 0 Å². The summed E-state index contributed by atoms with van der Waals surface area (Å²) in [5.74, 6) is 1.90. The first-order valence-corrected chi connectivity index (χ1v) is 8.47. The van der Waals surface area contributed by atoms with Crippen LogP contribution in [0, 0.1) is 11.8 Å². The van der Waals surface area contributed by atoms with Crippen molar-refractivity contribution in [3.05, 3.63) is 36.0 Å². The topological polar surface area (TPSA) is 17.0 Å². The Balaban J connectivity index is 1.50. The van der Waals surface area contributed by atoms with Crippen molar-refractivity contribution in [1.29, 1.82) is 0 Å². The third kappa shape index (κ3) is 3.49. The molecule has 0 spiro atoms. The number of rotatable bonds is 5. The third-order valence-electron chi connectivity index (χ3n) is 5.07. The summed E-state index contributed by atoms with van der Waals surface area (Å²) >= 11 is 0. The van der Waals surface area contributed by atoms with Gasteiger partial charge in [-0.3, -0.25) is 0 Å². The molecule has 3 rings (SSSR count). The zero-order chi connectivity index (χ0) is 14.7. The van der Waals surface area contributed by atoms with Gasteiger partial charge in [-0.1, -0.05) is 44.4 Å². The van der Waals surface area contributed by atoms with Crippen LogP contribution in [0.2, 0.25) is 0 Å². The molecule has 114 valence electrons.